The number of aliphatic hydroxyl groups is 2. The molecule has 2 aliphatic heterocycles. The van der Waals surface area contributed by atoms with E-state index < -0.39 is 18.5 Å². The van der Waals surface area contributed by atoms with Gasteiger partial charge in [0.15, 0.2) is 6.30 Å². The van der Waals surface area contributed by atoms with Crippen LogP contribution < -0.4 is 15.1 Å². The summed E-state index contributed by atoms with van der Waals surface area (Å²) in [5.74, 6) is 1.66. The molecule has 0 aliphatic carbocycles. The van der Waals surface area contributed by atoms with Crippen LogP contribution in [-0.4, -0.2) is 89.6 Å². The summed E-state index contributed by atoms with van der Waals surface area (Å²) >= 11 is 0. The molecule has 3 atom stereocenters. The Balaban J connectivity index is 1.65. The van der Waals surface area contributed by atoms with Crippen molar-refractivity contribution in [1.82, 2.24) is 14.9 Å². The van der Waals surface area contributed by atoms with E-state index in [9.17, 15) is 14.6 Å². The van der Waals surface area contributed by atoms with Crippen LogP contribution in [0.25, 0.3) is 0 Å². The zero-order chi connectivity index (χ0) is 23.0. The van der Waals surface area contributed by atoms with E-state index >= 15 is 0 Å². The molecule has 32 heavy (non-hydrogen) atoms. The Morgan fingerprint density at radius 3 is 2.47 bits per heavy atom. The third kappa shape index (κ3) is 4.52. The minimum absolute atomic E-state index is 0.290. The largest absolute Gasteiger partial charge is 0.389 e. The van der Waals surface area contributed by atoms with Crippen molar-refractivity contribution >= 4 is 29.2 Å². The third-order valence-corrected chi connectivity index (χ3v) is 6.03. The van der Waals surface area contributed by atoms with Crippen LogP contribution in [0.4, 0.5) is 27.4 Å². The van der Waals surface area contributed by atoms with Gasteiger partial charge in [0.25, 0.3) is 0 Å². The Hall–Kier alpha value is -2.82. The predicted molar refractivity (Wildman–Crippen MR) is 123 cm³/mol. The number of aryl methyl sites for hydroxylation is 2. The first kappa shape index (κ1) is 22.4. The summed E-state index contributed by atoms with van der Waals surface area (Å²) < 4.78 is 14.8. The summed E-state index contributed by atoms with van der Waals surface area (Å²) in [5.41, 5.74) is 3.01. The molecule has 1 aromatic heterocycles. The number of β-amino-alcohol motifs (C(OH)–C–C–N with tert-alkyl or cyclic N) is 2. The topological polar surface area (TPSA) is 112 Å². The molecule has 0 saturated carbocycles. The summed E-state index contributed by atoms with van der Waals surface area (Å²) in [7, 11) is 1.91. The van der Waals surface area contributed by atoms with Gasteiger partial charge in [0.2, 0.25) is 0 Å². The molecular formula is C22H30FN7O2. The van der Waals surface area contributed by atoms with Crippen LogP contribution in [-0.2, 0) is 0 Å². The maximum absolute atomic E-state index is 14.8. The number of piperazine rings is 1. The number of nitrogens with zero attached hydrogens (tertiary/aromatic N) is 5. The first-order valence-electron chi connectivity index (χ1n) is 10.7. The highest BCUT2D eigenvalue weighted by Gasteiger charge is 2.31. The van der Waals surface area contributed by atoms with Gasteiger partial charge in [-0.25, -0.2) is 14.4 Å². The number of nitrogens with one attached hydrogen (secondary N) is 2. The van der Waals surface area contributed by atoms with Crippen LogP contribution >= 0.6 is 0 Å². The van der Waals surface area contributed by atoms with E-state index in [1.165, 1.54) is 6.21 Å². The van der Waals surface area contributed by atoms with Gasteiger partial charge in [-0.05, 0) is 38.6 Å². The van der Waals surface area contributed by atoms with E-state index in [-0.39, 0.29) is 0 Å². The van der Waals surface area contributed by atoms with Gasteiger partial charge < -0.3 is 30.7 Å². The zero-order valence-electron chi connectivity index (χ0n) is 18.6. The van der Waals surface area contributed by atoms with Crippen LogP contribution in [0.2, 0.25) is 0 Å². The molecule has 0 bridgehead atoms. The second-order valence-corrected chi connectivity index (χ2v) is 8.58. The van der Waals surface area contributed by atoms with Gasteiger partial charge in [0.05, 0.1) is 17.9 Å². The monoisotopic (exact) mass is 443 g/mol. The van der Waals surface area contributed by atoms with Gasteiger partial charge >= 0.3 is 0 Å². The Morgan fingerprint density at radius 2 is 1.81 bits per heavy atom. The molecule has 2 saturated heterocycles. The van der Waals surface area contributed by atoms with E-state index in [4.69, 9.17) is 5.41 Å². The smallest absolute Gasteiger partial charge is 0.185 e. The minimum Gasteiger partial charge on any atom is -0.389 e. The van der Waals surface area contributed by atoms with E-state index in [0.29, 0.717) is 54.9 Å². The lowest BCUT2D eigenvalue weighted by atomic mass is 10.1. The lowest BCUT2D eigenvalue weighted by Gasteiger charge is -2.38. The highest BCUT2D eigenvalue weighted by Crippen LogP contribution is 2.32. The summed E-state index contributed by atoms with van der Waals surface area (Å²) in [4.78, 5) is 14.4. The average molecular weight is 444 g/mol. The van der Waals surface area contributed by atoms with Gasteiger partial charge in [-0.1, -0.05) is 0 Å². The fourth-order valence-electron chi connectivity index (χ4n) is 4.27. The van der Waals surface area contributed by atoms with Crippen molar-refractivity contribution in [2.24, 2.45) is 0 Å². The van der Waals surface area contributed by atoms with Gasteiger partial charge in [0, 0.05) is 56.3 Å². The number of hydrogen-bond donors (Lipinski definition) is 4. The number of halogens is 1. The van der Waals surface area contributed by atoms with E-state index in [2.05, 4.69) is 15.3 Å². The van der Waals surface area contributed by atoms with Crippen LogP contribution in [0.5, 0.6) is 0 Å². The second-order valence-electron chi connectivity index (χ2n) is 8.58. The van der Waals surface area contributed by atoms with Crippen molar-refractivity contribution in [3.63, 3.8) is 0 Å². The van der Waals surface area contributed by atoms with Crippen molar-refractivity contribution in [3.8, 4) is 0 Å². The van der Waals surface area contributed by atoms with Crippen molar-refractivity contribution in [2.45, 2.75) is 32.4 Å². The molecule has 10 heteroatoms. The fourth-order valence-corrected chi connectivity index (χ4v) is 4.27. The molecule has 1 aromatic carbocycles. The SMILES string of the molecule is Cc1nc(Nc2cc(N3CCN(C)CC3F)c(C)cc2C=N)cc(N2CC(O)C(O)C2)n1. The number of benzene rings is 1. The Morgan fingerprint density at radius 1 is 1.09 bits per heavy atom. The number of aromatic nitrogens is 2. The molecule has 4 rings (SSSR count). The van der Waals surface area contributed by atoms with Gasteiger partial charge in [0.1, 0.15) is 17.5 Å². The summed E-state index contributed by atoms with van der Waals surface area (Å²) in [6.07, 6.45) is -1.48. The molecule has 0 radical (unpaired) electrons. The Kier molecular flexibility index (Phi) is 6.27. The number of likely N-dealkylation sites (N-methyl/N-ethyl adjacent to an activating group) is 1. The molecule has 2 fully saturated rings. The summed E-state index contributed by atoms with van der Waals surface area (Å²) in [5, 5.41) is 30.9. The first-order valence-corrected chi connectivity index (χ1v) is 10.7. The molecule has 2 aliphatic rings. The lowest BCUT2D eigenvalue weighted by Crippen LogP contribution is -2.50. The molecule has 3 unspecified atom stereocenters. The zero-order valence-corrected chi connectivity index (χ0v) is 18.6. The first-order chi connectivity index (χ1) is 15.2. The predicted octanol–water partition coefficient (Wildman–Crippen LogP) is 1.42. The molecule has 3 heterocycles. The standard InChI is InChI=1S/C22H30FN7O2/c1-13-6-15(9-24)16(7-17(13)30-5-4-28(3)12-20(30)23)27-21-8-22(26-14(2)25-21)29-10-18(31)19(32)11-29/h6-9,18-20,24,31-32H,4-5,10-12H2,1-3H3,(H,25,26,27). The van der Waals surface area contributed by atoms with Gasteiger partial charge in [-0.3, -0.25) is 4.90 Å². The number of rotatable bonds is 5. The molecule has 0 amide bonds. The maximum atomic E-state index is 14.8. The van der Waals surface area contributed by atoms with Gasteiger partial charge in [-0.15, -0.1) is 0 Å². The molecule has 4 N–H and O–H groups in total. The summed E-state index contributed by atoms with van der Waals surface area (Å²) in [6.45, 7) is 5.98. The highest BCUT2D eigenvalue weighted by atomic mass is 19.1. The summed E-state index contributed by atoms with van der Waals surface area (Å²) in [6, 6.07) is 5.49. The average Bonchev–Trinajstić information content (AvgIpc) is 3.07. The van der Waals surface area contributed by atoms with Gasteiger partial charge in [-0.2, -0.15) is 0 Å². The number of aliphatic hydroxyl groups excluding tert-OH is 2. The highest BCUT2D eigenvalue weighted by molar-refractivity contribution is 5.89. The molecular weight excluding hydrogens is 413 g/mol. The second kappa shape index (κ2) is 8.97. The lowest BCUT2D eigenvalue weighted by molar-refractivity contribution is 0.0572. The van der Waals surface area contributed by atoms with E-state index in [0.717, 1.165) is 17.8 Å². The van der Waals surface area contributed by atoms with Crippen LogP contribution in [0.3, 0.4) is 0 Å². The van der Waals surface area contributed by atoms with Crippen molar-refractivity contribution < 1.29 is 14.6 Å². The molecule has 9 nitrogen and oxygen atoms in total. The van der Waals surface area contributed by atoms with E-state index in [1.807, 2.05) is 35.9 Å². The van der Waals surface area contributed by atoms with Crippen LogP contribution in [0.1, 0.15) is 17.0 Å². The molecule has 0 spiro atoms. The maximum Gasteiger partial charge on any atom is 0.185 e. The molecule has 172 valence electrons. The Bertz CT molecular complexity index is 994. The van der Waals surface area contributed by atoms with Crippen molar-refractivity contribution in [2.75, 3.05) is 54.9 Å². The fraction of sp³-hybridized carbons (Fsp3) is 0.500. The third-order valence-electron chi connectivity index (χ3n) is 6.03. The van der Waals surface area contributed by atoms with Crippen molar-refractivity contribution in [1.29, 1.82) is 5.41 Å². The molecule has 2 aromatic rings. The number of anilines is 4. The minimum atomic E-state index is -1.10. The normalized spacial score (nSPS) is 24.1. The van der Waals surface area contributed by atoms with Crippen molar-refractivity contribution in [3.05, 3.63) is 35.2 Å². The van der Waals surface area contributed by atoms with Crippen LogP contribution in [0, 0.1) is 19.3 Å². The Labute approximate surface area is 187 Å². The van der Waals surface area contributed by atoms with E-state index in [1.54, 1.807) is 17.9 Å². The quantitative estimate of drug-likeness (QED) is 0.406. The van der Waals surface area contributed by atoms with Crippen LogP contribution in [0.15, 0.2) is 18.2 Å². The number of hydrogen-bond acceptors (Lipinski definition) is 9. The number of alkyl halides is 1.